The van der Waals surface area contributed by atoms with Gasteiger partial charge in [0, 0.05) is 24.9 Å². The number of alkyl halides is 6. The second kappa shape index (κ2) is 7.35. The summed E-state index contributed by atoms with van der Waals surface area (Å²) in [6, 6.07) is 5.28. The van der Waals surface area contributed by atoms with Crippen LogP contribution in [0.4, 0.5) is 26.3 Å². The second-order valence-corrected chi connectivity index (χ2v) is 5.53. The number of carbonyl (C=O) groups is 1. The Labute approximate surface area is 145 Å². The molecule has 26 heavy (non-hydrogen) atoms. The van der Waals surface area contributed by atoms with E-state index in [1.54, 1.807) is 0 Å². The van der Waals surface area contributed by atoms with Crippen LogP contribution in [-0.2, 0) is 18.8 Å². The number of pyridine rings is 1. The van der Waals surface area contributed by atoms with E-state index in [1.165, 1.54) is 19.1 Å². The molecule has 1 heterocycles. The zero-order chi connectivity index (χ0) is 19.5. The average Bonchev–Trinajstić information content (AvgIpc) is 2.54. The van der Waals surface area contributed by atoms with Crippen LogP contribution in [-0.4, -0.2) is 17.4 Å². The molecule has 0 atom stereocenters. The third-order valence-electron chi connectivity index (χ3n) is 3.64. The lowest BCUT2D eigenvalue weighted by molar-refractivity contribution is -0.138. The van der Waals surface area contributed by atoms with Gasteiger partial charge in [-0.05, 0) is 30.7 Å². The van der Waals surface area contributed by atoms with Gasteiger partial charge in [-0.3, -0.25) is 9.78 Å². The summed E-state index contributed by atoms with van der Waals surface area (Å²) in [5.74, 6) is -0.914. The van der Waals surface area contributed by atoms with Gasteiger partial charge in [0.1, 0.15) is 0 Å². The molecule has 0 saturated heterocycles. The number of aryl methyl sites for hydroxylation is 1. The predicted octanol–water partition coefficient (Wildman–Crippen LogP) is 4.40. The van der Waals surface area contributed by atoms with Crippen LogP contribution < -0.4 is 5.32 Å². The highest BCUT2D eigenvalue weighted by Gasteiger charge is 2.34. The fraction of sp³-hybridized carbons (Fsp3) is 0.294. The van der Waals surface area contributed by atoms with Crippen molar-refractivity contribution in [2.75, 3.05) is 6.54 Å². The quantitative estimate of drug-likeness (QED) is 0.804. The van der Waals surface area contributed by atoms with E-state index in [0.717, 1.165) is 18.2 Å². The molecular formula is C17H14F6N2O. The number of amides is 1. The largest absolute Gasteiger partial charge is 0.417 e. The first kappa shape index (κ1) is 19.7. The molecule has 0 unspecified atom stereocenters. The molecule has 2 rings (SSSR count). The van der Waals surface area contributed by atoms with Gasteiger partial charge in [-0.15, -0.1) is 0 Å². The first-order valence-corrected chi connectivity index (χ1v) is 7.47. The van der Waals surface area contributed by atoms with E-state index >= 15 is 0 Å². The highest BCUT2D eigenvalue weighted by molar-refractivity contribution is 5.95. The van der Waals surface area contributed by atoms with Crippen molar-refractivity contribution >= 4 is 5.91 Å². The van der Waals surface area contributed by atoms with Crippen molar-refractivity contribution in [2.24, 2.45) is 0 Å². The summed E-state index contributed by atoms with van der Waals surface area (Å²) < 4.78 is 76.5. The maximum atomic E-state index is 12.9. The second-order valence-electron chi connectivity index (χ2n) is 5.53. The summed E-state index contributed by atoms with van der Waals surface area (Å²) in [6.45, 7) is 1.38. The molecule has 0 aliphatic heterocycles. The molecule has 0 aliphatic rings. The van der Waals surface area contributed by atoms with Crippen LogP contribution in [0.3, 0.4) is 0 Å². The zero-order valence-electron chi connectivity index (χ0n) is 13.5. The summed E-state index contributed by atoms with van der Waals surface area (Å²) in [6.07, 6.45) is -8.40. The Morgan fingerprint density at radius 2 is 1.73 bits per heavy atom. The van der Waals surface area contributed by atoms with Gasteiger partial charge in [-0.2, -0.15) is 26.3 Å². The number of aromatic nitrogens is 1. The van der Waals surface area contributed by atoms with Crippen molar-refractivity contribution in [1.29, 1.82) is 0 Å². The highest BCUT2D eigenvalue weighted by Crippen LogP contribution is 2.32. The first-order chi connectivity index (χ1) is 12.0. The number of benzene rings is 1. The number of nitrogens with one attached hydrogen (secondary N) is 1. The summed E-state index contributed by atoms with van der Waals surface area (Å²) in [7, 11) is 0. The minimum absolute atomic E-state index is 0.0652. The minimum Gasteiger partial charge on any atom is -0.352 e. The first-order valence-electron chi connectivity index (χ1n) is 7.47. The molecule has 0 spiro atoms. The molecule has 1 N–H and O–H groups in total. The maximum absolute atomic E-state index is 12.9. The molecule has 0 radical (unpaired) electrons. The molecule has 9 heteroatoms. The van der Waals surface area contributed by atoms with E-state index in [9.17, 15) is 31.1 Å². The molecule has 0 fully saturated rings. The number of nitrogens with zero attached hydrogens (tertiary/aromatic N) is 1. The normalized spacial score (nSPS) is 12.1. The molecule has 1 aromatic carbocycles. The Morgan fingerprint density at radius 3 is 2.31 bits per heavy atom. The molecule has 1 aromatic heterocycles. The lowest BCUT2D eigenvalue weighted by Gasteiger charge is -2.13. The van der Waals surface area contributed by atoms with Crippen LogP contribution in [0.1, 0.15) is 32.7 Å². The van der Waals surface area contributed by atoms with Gasteiger partial charge in [0.25, 0.3) is 5.91 Å². The van der Waals surface area contributed by atoms with Gasteiger partial charge in [0.15, 0.2) is 0 Å². The monoisotopic (exact) mass is 376 g/mol. The van der Waals surface area contributed by atoms with Gasteiger partial charge in [-0.25, -0.2) is 0 Å². The van der Waals surface area contributed by atoms with E-state index in [2.05, 4.69) is 10.3 Å². The topological polar surface area (TPSA) is 42.0 Å². The summed E-state index contributed by atoms with van der Waals surface area (Å²) in [5, 5.41) is 2.33. The molecule has 0 bridgehead atoms. The number of hydrogen-bond donors (Lipinski definition) is 1. The van der Waals surface area contributed by atoms with E-state index in [0.29, 0.717) is 11.9 Å². The van der Waals surface area contributed by atoms with Gasteiger partial charge < -0.3 is 5.32 Å². The Balaban J connectivity index is 2.04. The summed E-state index contributed by atoms with van der Waals surface area (Å²) in [4.78, 5) is 15.7. The molecule has 3 nitrogen and oxygen atoms in total. The number of hydrogen-bond acceptors (Lipinski definition) is 2. The summed E-state index contributed by atoms with van der Waals surface area (Å²) >= 11 is 0. The number of carbonyl (C=O) groups excluding carboxylic acids is 1. The Kier molecular flexibility index (Phi) is 5.58. The number of halogens is 6. The lowest BCUT2D eigenvalue weighted by atomic mass is 10.1. The van der Waals surface area contributed by atoms with E-state index in [1.807, 2.05) is 0 Å². The van der Waals surface area contributed by atoms with E-state index < -0.39 is 35.0 Å². The van der Waals surface area contributed by atoms with Crippen molar-refractivity contribution in [1.82, 2.24) is 10.3 Å². The molecule has 2 aromatic rings. The Hall–Kier alpha value is -2.58. The molecular weight excluding hydrogens is 362 g/mol. The van der Waals surface area contributed by atoms with Crippen LogP contribution in [0.15, 0.2) is 36.5 Å². The third-order valence-corrected chi connectivity index (χ3v) is 3.64. The van der Waals surface area contributed by atoms with Gasteiger partial charge in [0.2, 0.25) is 0 Å². The van der Waals surface area contributed by atoms with Crippen LogP contribution in [0.2, 0.25) is 0 Å². The van der Waals surface area contributed by atoms with Crippen LogP contribution in [0, 0.1) is 6.92 Å². The lowest BCUT2D eigenvalue weighted by Crippen LogP contribution is -2.28. The highest BCUT2D eigenvalue weighted by atomic mass is 19.4. The minimum atomic E-state index is -4.67. The van der Waals surface area contributed by atoms with Crippen molar-refractivity contribution in [2.45, 2.75) is 25.7 Å². The van der Waals surface area contributed by atoms with Crippen molar-refractivity contribution in [3.8, 4) is 0 Å². The molecule has 1 amide bonds. The van der Waals surface area contributed by atoms with Gasteiger partial charge in [0.05, 0.1) is 16.7 Å². The predicted molar refractivity (Wildman–Crippen MR) is 81.5 cm³/mol. The van der Waals surface area contributed by atoms with Crippen molar-refractivity contribution in [3.05, 3.63) is 64.5 Å². The van der Waals surface area contributed by atoms with Gasteiger partial charge >= 0.3 is 12.4 Å². The van der Waals surface area contributed by atoms with Crippen LogP contribution >= 0.6 is 0 Å². The maximum Gasteiger partial charge on any atom is 0.417 e. The summed E-state index contributed by atoms with van der Waals surface area (Å²) in [5.41, 5.74) is -1.85. The molecule has 140 valence electrons. The Morgan fingerprint density at radius 1 is 1.08 bits per heavy atom. The molecule has 0 aliphatic carbocycles. The smallest absolute Gasteiger partial charge is 0.352 e. The SMILES string of the molecule is Cc1cc(C(F)(F)F)cnc1CCNC(=O)c1ccccc1C(F)(F)F. The van der Waals surface area contributed by atoms with Crippen LogP contribution in [0.25, 0.3) is 0 Å². The van der Waals surface area contributed by atoms with Crippen molar-refractivity contribution in [3.63, 3.8) is 0 Å². The van der Waals surface area contributed by atoms with Gasteiger partial charge in [-0.1, -0.05) is 12.1 Å². The fourth-order valence-corrected chi connectivity index (χ4v) is 2.34. The zero-order valence-corrected chi connectivity index (χ0v) is 13.5. The van der Waals surface area contributed by atoms with E-state index in [4.69, 9.17) is 0 Å². The molecule has 0 saturated carbocycles. The standard InChI is InChI=1S/C17H14F6N2O/c1-10-8-11(16(18,19)20)9-25-14(10)6-7-24-15(26)12-4-2-3-5-13(12)17(21,22)23/h2-5,8-9H,6-7H2,1H3,(H,24,26). The van der Waals surface area contributed by atoms with Crippen LogP contribution in [0.5, 0.6) is 0 Å². The fourth-order valence-electron chi connectivity index (χ4n) is 2.34. The van der Waals surface area contributed by atoms with Crippen molar-refractivity contribution < 1.29 is 31.1 Å². The Bertz CT molecular complexity index is 799. The number of rotatable bonds is 4. The average molecular weight is 376 g/mol. The third kappa shape index (κ3) is 4.74. The van der Waals surface area contributed by atoms with E-state index in [-0.39, 0.29) is 18.5 Å².